The van der Waals surface area contributed by atoms with Gasteiger partial charge in [-0.15, -0.1) is 0 Å². The van der Waals surface area contributed by atoms with E-state index in [9.17, 15) is 15.0 Å². The predicted octanol–water partition coefficient (Wildman–Crippen LogP) is 0.458. The fraction of sp³-hybridized carbons (Fsp3) is 0.917. The molecule has 15 heavy (non-hydrogen) atoms. The van der Waals surface area contributed by atoms with E-state index in [0.29, 0.717) is 18.3 Å². The van der Waals surface area contributed by atoms with Gasteiger partial charge in [-0.2, -0.15) is 0 Å². The average Bonchev–Trinajstić information content (AvgIpc) is 1.94. The second-order valence-electron chi connectivity index (χ2n) is 6.23. The first-order valence-electron chi connectivity index (χ1n) is 5.91. The van der Waals surface area contributed by atoms with E-state index in [1.807, 2.05) is 0 Å². The van der Waals surface area contributed by atoms with Crippen molar-refractivity contribution in [2.24, 2.45) is 17.3 Å². The summed E-state index contributed by atoms with van der Waals surface area (Å²) < 4.78 is 0. The summed E-state index contributed by atoms with van der Waals surface area (Å²) in [7, 11) is 0. The zero-order valence-electron chi connectivity index (χ0n) is 8.87. The van der Waals surface area contributed by atoms with E-state index in [4.69, 9.17) is 0 Å². The molecule has 4 saturated carbocycles. The molecule has 2 atom stereocenters. The molecule has 3 heteroatoms. The third kappa shape index (κ3) is 1.48. The molecule has 0 heterocycles. The first kappa shape index (κ1) is 9.64. The van der Waals surface area contributed by atoms with Crippen molar-refractivity contribution >= 4 is 5.97 Å². The molecule has 0 unspecified atom stereocenters. The summed E-state index contributed by atoms with van der Waals surface area (Å²) in [6.07, 6.45) is 5.86. The van der Waals surface area contributed by atoms with Gasteiger partial charge in [0.15, 0.2) is 0 Å². The van der Waals surface area contributed by atoms with Crippen LogP contribution < -0.4 is 5.11 Å². The van der Waals surface area contributed by atoms with Gasteiger partial charge in [-0.05, 0) is 62.2 Å². The number of rotatable bonds is 2. The van der Waals surface area contributed by atoms with Gasteiger partial charge in [0.05, 0.1) is 5.60 Å². The normalized spacial score (nSPS) is 52.1. The standard InChI is InChI=1S/C12H18O3/c13-10(14)6-11-2-8-1-9(3-11)5-12(15,4-8)7-11/h8-9,15H,1-7H2,(H,13,14)/p-1/t8-,9-,11?,12?/m1/s1. The highest BCUT2D eigenvalue weighted by Gasteiger charge is 2.56. The van der Waals surface area contributed by atoms with Crippen molar-refractivity contribution in [1.29, 1.82) is 0 Å². The van der Waals surface area contributed by atoms with Crippen LogP contribution >= 0.6 is 0 Å². The van der Waals surface area contributed by atoms with Crippen molar-refractivity contribution in [2.75, 3.05) is 0 Å². The summed E-state index contributed by atoms with van der Waals surface area (Å²) in [4.78, 5) is 10.8. The minimum Gasteiger partial charge on any atom is -0.550 e. The summed E-state index contributed by atoms with van der Waals surface area (Å²) in [6, 6.07) is 0. The average molecular weight is 209 g/mol. The maximum Gasteiger partial charge on any atom is 0.0658 e. The number of aliphatic carboxylic acids is 1. The number of hydrogen-bond acceptors (Lipinski definition) is 3. The van der Waals surface area contributed by atoms with Crippen molar-refractivity contribution in [3.63, 3.8) is 0 Å². The zero-order chi connectivity index (χ0) is 10.7. The lowest BCUT2D eigenvalue weighted by atomic mass is 9.47. The molecule has 84 valence electrons. The van der Waals surface area contributed by atoms with Crippen LogP contribution in [-0.2, 0) is 4.79 Å². The van der Waals surface area contributed by atoms with Crippen molar-refractivity contribution in [3.8, 4) is 0 Å². The van der Waals surface area contributed by atoms with E-state index in [-0.39, 0.29) is 11.8 Å². The molecule has 3 nitrogen and oxygen atoms in total. The monoisotopic (exact) mass is 209 g/mol. The highest BCUT2D eigenvalue weighted by atomic mass is 16.4. The first-order valence-corrected chi connectivity index (χ1v) is 5.91. The molecule has 0 spiro atoms. The molecule has 0 aliphatic heterocycles. The molecule has 4 bridgehead atoms. The summed E-state index contributed by atoms with van der Waals surface area (Å²) in [5.74, 6) is 0.187. The van der Waals surface area contributed by atoms with E-state index in [2.05, 4.69) is 0 Å². The second-order valence-corrected chi connectivity index (χ2v) is 6.23. The molecule has 4 fully saturated rings. The van der Waals surface area contributed by atoms with Crippen LogP contribution in [0.3, 0.4) is 0 Å². The Kier molecular flexibility index (Phi) is 1.77. The molecular formula is C12H17O3-. The van der Waals surface area contributed by atoms with Crippen molar-refractivity contribution < 1.29 is 15.0 Å². The largest absolute Gasteiger partial charge is 0.550 e. The molecule has 0 radical (unpaired) electrons. The van der Waals surface area contributed by atoms with Crippen LogP contribution in [0.4, 0.5) is 0 Å². The van der Waals surface area contributed by atoms with Crippen LogP contribution in [0.1, 0.15) is 44.9 Å². The Morgan fingerprint density at radius 1 is 1.27 bits per heavy atom. The van der Waals surface area contributed by atoms with Crippen LogP contribution in [0.2, 0.25) is 0 Å². The van der Waals surface area contributed by atoms with Crippen molar-refractivity contribution in [2.45, 2.75) is 50.5 Å². The van der Waals surface area contributed by atoms with Gasteiger partial charge in [0.25, 0.3) is 0 Å². The van der Waals surface area contributed by atoms with Gasteiger partial charge in [-0.1, -0.05) is 0 Å². The Balaban J connectivity index is 1.89. The van der Waals surface area contributed by atoms with Crippen LogP contribution in [-0.4, -0.2) is 16.7 Å². The quantitative estimate of drug-likeness (QED) is 0.718. The third-order valence-corrected chi connectivity index (χ3v) is 4.67. The molecule has 0 amide bonds. The molecule has 4 aliphatic carbocycles. The van der Waals surface area contributed by atoms with Gasteiger partial charge in [0, 0.05) is 5.97 Å². The van der Waals surface area contributed by atoms with Crippen molar-refractivity contribution in [3.05, 3.63) is 0 Å². The van der Waals surface area contributed by atoms with E-state index >= 15 is 0 Å². The molecular weight excluding hydrogens is 192 g/mol. The lowest BCUT2D eigenvalue weighted by Crippen LogP contribution is -2.56. The number of hydrogen-bond donors (Lipinski definition) is 1. The summed E-state index contributed by atoms with van der Waals surface area (Å²) >= 11 is 0. The van der Waals surface area contributed by atoms with Gasteiger partial charge in [0.2, 0.25) is 0 Å². The topological polar surface area (TPSA) is 60.4 Å². The van der Waals surface area contributed by atoms with Gasteiger partial charge >= 0.3 is 0 Å². The molecule has 0 aromatic rings. The molecule has 0 saturated heterocycles. The Bertz CT molecular complexity index is 296. The zero-order valence-corrected chi connectivity index (χ0v) is 8.87. The molecule has 4 aliphatic rings. The Morgan fingerprint density at radius 2 is 1.87 bits per heavy atom. The maximum absolute atomic E-state index is 10.8. The summed E-state index contributed by atoms with van der Waals surface area (Å²) in [5.41, 5.74) is -0.669. The van der Waals surface area contributed by atoms with Gasteiger partial charge in [-0.25, -0.2) is 0 Å². The van der Waals surface area contributed by atoms with Crippen LogP contribution in [0.25, 0.3) is 0 Å². The highest BCUT2D eigenvalue weighted by molar-refractivity contribution is 5.65. The minimum atomic E-state index is -0.944. The third-order valence-electron chi connectivity index (χ3n) is 4.67. The lowest BCUT2D eigenvalue weighted by molar-refractivity contribution is -0.311. The van der Waals surface area contributed by atoms with E-state index < -0.39 is 11.6 Å². The SMILES string of the molecule is O=C([O-])CC12C[C@H]3C[C@@H](CC(O)(C3)C1)C2. The first-order chi connectivity index (χ1) is 6.99. The van der Waals surface area contributed by atoms with E-state index in [1.54, 1.807) is 0 Å². The number of aliphatic hydroxyl groups is 1. The smallest absolute Gasteiger partial charge is 0.0658 e. The molecule has 0 aromatic carbocycles. The fourth-order valence-electron chi connectivity index (χ4n) is 4.91. The molecule has 4 rings (SSSR count). The summed E-state index contributed by atoms with van der Waals surface area (Å²) in [5, 5.41) is 21.2. The van der Waals surface area contributed by atoms with Crippen molar-refractivity contribution in [1.82, 2.24) is 0 Å². The number of carboxylic acids is 1. The Morgan fingerprint density at radius 3 is 2.33 bits per heavy atom. The van der Waals surface area contributed by atoms with Crippen LogP contribution in [0.15, 0.2) is 0 Å². The highest BCUT2D eigenvalue weighted by Crippen LogP contribution is 2.62. The minimum absolute atomic E-state index is 0.127. The van der Waals surface area contributed by atoms with E-state index in [1.165, 1.54) is 6.42 Å². The lowest BCUT2D eigenvalue weighted by Gasteiger charge is -2.60. The fourth-order valence-corrected chi connectivity index (χ4v) is 4.91. The predicted molar refractivity (Wildman–Crippen MR) is 51.7 cm³/mol. The van der Waals surface area contributed by atoms with E-state index in [0.717, 1.165) is 25.7 Å². The van der Waals surface area contributed by atoms with Gasteiger partial charge in [0.1, 0.15) is 0 Å². The second kappa shape index (κ2) is 2.76. The summed E-state index contributed by atoms with van der Waals surface area (Å²) in [6.45, 7) is 0. The Labute approximate surface area is 89.5 Å². The number of carbonyl (C=O) groups excluding carboxylic acids is 1. The number of carbonyl (C=O) groups is 1. The van der Waals surface area contributed by atoms with Gasteiger partial charge in [-0.3, -0.25) is 0 Å². The number of carboxylic acid groups (broad SMARTS) is 1. The maximum atomic E-state index is 10.8. The molecule has 1 N–H and O–H groups in total. The Hall–Kier alpha value is -0.570. The van der Waals surface area contributed by atoms with Crippen LogP contribution in [0, 0.1) is 17.3 Å². The van der Waals surface area contributed by atoms with Gasteiger partial charge < -0.3 is 15.0 Å². The molecule has 0 aromatic heterocycles. The van der Waals surface area contributed by atoms with Crippen LogP contribution in [0.5, 0.6) is 0 Å².